The summed E-state index contributed by atoms with van der Waals surface area (Å²) in [5.74, 6) is 0. The van der Waals surface area contributed by atoms with Crippen molar-refractivity contribution in [3.63, 3.8) is 0 Å². The van der Waals surface area contributed by atoms with Gasteiger partial charge in [0.05, 0.1) is 6.61 Å². The second kappa shape index (κ2) is 5.23. The van der Waals surface area contributed by atoms with Crippen molar-refractivity contribution >= 4 is 0 Å². The summed E-state index contributed by atoms with van der Waals surface area (Å²) in [7, 11) is 0. The van der Waals surface area contributed by atoms with Crippen LogP contribution < -0.4 is 17.0 Å². The molecule has 1 aromatic heterocycles. The van der Waals surface area contributed by atoms with Crippen molar-refractivity contribution in [2.24, 2.45) is 5.73 Å². The van der Waals surface area contributed by atoms with E-state index < -0.39 is 42.4 Å². The number of H-pyrrole nitrogens is 1. The van der Waals surface area contributed by atoms with E-state index in [1.54, 1.807) is 0 Å². The topological polar surface area (TPSA) is 151 Å². The highest BCUT2D eigenvalue weighted by atomic mass is 16.6. The molecule has 6 N–H and O–H groups in total. The van der Waals surface area contributed by atoms with E-state index in [1.165, 1.54) is 6.20 Å². The third-order valence-electron chi connectivity index (χ3n) is 3.05. The van der Waals surface area contributed by atoms with Gasteiger partial charge in [-0.25, -0.2) is 4.79 Å². The number of aromatic nitrogens is 2. The van der Waals surface area contributed by atoms with Crippen LogP contribution in [0.25, 0.3) is 0 Å². The molecule has 1 aliphatic heterocycles. The van der Waals surface area contributed by atoms with E-state index in [4.69, 9.17) is 15.6 Å². The van der Waals surface area contributed by atoms with Gasteiger partial charge < -0.3 is 25.8 Å². The van der Waals surface area contributed by atoms with Crippen LogP contribution in [-0.4, -0.2) is 49.8 Å². The molecule has 0 saturated carbocycles. The molecule has 1 saturated heterocycles. The van der Waals surface area contributed by atoms with Gasteiger partial charge in [-0.2, -0.15) is 0 Å². The number of hydrogen-bond acceptors (Lipinski definition) is 7. The fourth-order valence-electron chi connectivity index (χ4n) is 1.97. The van der Waals surface area contributed by atoms with E-state index >= 15 is 0 Å². The highest BCUT2D eigenvalue weighted by Gasteiger charge is 2.43. The van der Waals surface area contributed by atoms with Gasteiger partial charge >= 0.3 is 5.69 Å². The number of aliphatic hydroxyl groups is 3. The minimum atomic E-state index is -1.40. The molecule has 2 heterocycles. The second-order valence-electron chi connectivity index (χ2n) is 4.25. The molecule has 0 spiro atoms. The molecule has 0 amide bonds. The Morgan fingerprint density at radius 1 is 1.37 bits per heavy atom. The molecule has 1 fully saturated rings. The third-order valence-corrected chi connectivity index (χ3v) is 3.05. The quantitative estimate of drug-likeness (QED) is 0.385. The molecule has 1 aromatic rings. The molecular weight excluding hydrogens is 258 g/mol. The fourth-order valence-corrected chi connectivity index (χ4v) is 1.97. The summed E-state index contributed by atoms with van der Waals surface area (Å²) in [4.78, 5) is 25.1. The van der Waals surface area contributed by atoms with Gasteiger partial charge in [-0.1, -0.05) is 0 Å². The summed E-state index contributed by atoms with van der Waals surface area (Å²) in [6.07, 6.45) is -3.75. The zero-order valence-electron chi connectivity index (χ0n) is 9.89. The highest BCUT2D eigenvalue weighted by Crippen LogP contribution is 2.27. The molecule has 0 radical (unpaired) electrons. The first kappa shape index (κ1) is 13.9. The lowest BCUT2D eigenvalue weighted by atomic mass is 10.1. The van der Waals surface area contributed by atoms with Gasteiger partial charge in [-0.05, 0) is 0 Å². The Balaban J connectivity index is 2.43. The SMILES string of the molecule is NCc1cn([C@@H]2O[C@H](CO)[C@H](O)C2O)c(=O)[nH]c1=O. The van der Waals surface area contributed by atoms with E-state index in [9.17, 15) is 19.8 Å². The number of nitrogens with zero attached hydrogens (tertiary/aromatic N) is 1. The molecule has 0 aliphatic carbocycles. The Morgan fingerprint density at radius 3 is 2.58 bits per heavy atom. The third kappa shape index (κ3) is 2.33. The number of nitrogens with two attached hydrogens (primary N) is 1. The molecule has 0 bridgehead atoms. The van der Waals surface area contributed by atoms with Crippen molar-refractivity contribution in [1.29, 1.82) is 0 Å². The maximum atomic E-state index is 11.7. The average molecular weight is 273 g/mol. The van der Waals surface area contributed by atoms with Gasteiger partial charge in [0.2, 0.25) is 0 Å². The summed E-state index contributed by atoms with van der Waals surface area (Å²) < 4.78 is 6.13. The zero-order valence-corrected chi connectivity index (χ0v) is 9.89. The largest absolute Gasteiger partial charge is 0.394 e. The lowest BCUT2D eigenvalue weighted by Crippen LogP contribution is -2.39. The van der Waals surface area contributed by atoms with Crippen LogP contribution >= 0.6 is 0 Å². The van der Waals surface area contributed by atoms with Gasteiger partial charge in [0.15, 0.2) is 6.23 Å². The average Bonchev–Trinajstić information content (AvgIpc) is 2.67. The molecule has 2 rings (SSSR count). The smallest absolute Gasteiger partial charge is 0.330 e. The second-order valence-corrected chi connectivity index (χ2v) is 4.25. The van der Waals surface area contributed by atoms with Crippen molar-refractivity contribution in [3.05, 3.63) is 32.6 Å². The van der Waals surface area contributed by atoms with E-state index in [-0.39, 0.29) is 12.1 Å². The number of aliphatic hydroxyl groups excluding tert-OH is 3. The normalized spacial score (nSPS) is 30.7. The van der Waals surface area contributed by atoms with Crippen molar-refractivity contribution < 1.29 is 20.1 Å². The number of hydrogen-bond donors (Lipinski definition) is 5. The first-order valence-corrected chi connectivity index (χ1v) is 5.66. The van der Waals surface area contributed by atoms with Crippen molar-refractivity contribution in [2.75, 3.05) is 6.61 Å². The molecule has 19 heavy (non-hydrogen) atoms. The first-order valence-electron chi connectivity index (χ1n) is 5.66. The molecular formula is C10H15N3O6. The number of ether oxygens (including phenoxy) is 1. The number of nitrogens with one attached hydrogen (secondary N) is 1. The fraction of sp³-hybridized carbons (Fsp3) is 0.600. The lowest BCUT2D eigenvalue weighted by molar-refractivity contribution is -0.0551. The Bertz CT molecular complexity index is 567. The van der Waals surface area contributed by atoms with Crippen LogP contribution in [0.5, 0.6) is 0 Å². The van der Waals surface area contributed by atoms with E-state index in [1.807, 2.05) is 4.98 Å². The Labute approximate surface area is 106 Å². The maximum absolute atomic E-state index is 11.7. The minimum absolute atomic E-state index is 0.0928. The van der Waals surface area contributed by atoms with Crippen LogP contribution in [0.3, 0.4) is 0 Å². The molecule has 9 heteroatoms. The van der Waals surface area contributed by atoms with Crippen molar-refractivity contribution in [3.8, 4) is 0 Å². The number of aromatic amines is 1. The van der Waals surface area contributed by atoms with Gasteiger partial charge in [0, 0.05) is 18.3 Å². The van der Waals surface area contributed by atoms with Crippen LogP contribution in [0.1, 0.15) is 11.8 Å². The molecule has 1 unspecified atom stereocenters. The molecule has 106 valence electrons. The predicted octanol–water partition coefficient (Wildman–Crippen LogP) is -3.39. The standard InChI is InChI=1S/C10H15N3O6/c11-1-4-2-13(10(18)12-8(4)17)9-7(16)6(15)5(3-14)19-9/h2,5-7,9,14-16H,1,3,11H2,(H,12,17,18)/t5-,6+,7?,9-/m1/s1. The highest BCUT2D eigenvalue weighted by molar-refractivity contribution is 5.05. The van der Waals surface area contributed by atoms with Crippen molar-refractivity contribution in [2.45, 2.75) is 31.1 Å². The van der Waals surface area contributed by atoms with E-state index in [2.05, 4.69) is 0 Å². The van der Waals surface area contributed by atoms with Crippen LogP contribution in [0.2, 0.25) is 0 Å². The summed E-state index contributed by atoms with van der Waals surface area (Å²) in [5.41, 5.74) is 4.08. The van der Waals surface area contributed by atoms with Gasteiger partial charge in [0.25, 0.3) is 5.56 Å². The van der Waals surface area contributed by atoms with Gasteiger partial charge in [-0.15, -0.1) is 0 Å². The van der Waals surface area contributed by atoms with Crippen LogP contribution in [0.4, 0.5) is 0 Å². The monoisotopic (exact) mass is 273 g/mol. The maximum Gasteiger partial charge on any atom is 0.330 e. The van der Waals surface area contributed by atoms with Crippen molar-refractivity contribution in [1.82, 2.24) is 9.55 Å². The molecule has 4 atom stereocenters. The summed E-state index contributed by atoms with van der Waals surface area (Å²) in [6, 6.07) is 0. The van der Waals surface area contributed by atoms with Crippen LogP contribution in [0.15, 0.2) is 15.8 Å². The van der Waals surface area contributed by atoms with E-state index in [0.29, 0.717) is 0 Å². The predicted molar refractivity (Wildman–Crippen MR) is 62.2 cm³/mol. The Morgan fingerprint density at radius 2 is 2.05 bits per heavy atom. The number of rotatable bonds is 3. The van der Waals surface area contributed by atoms with Crippen LogP contribution in [0, 0.1) is 0 Å². The van der Waals surface area contributed by atoms with Crippen LogP contribution in [-0.2, 0) is 11.3 Å². The Kier molecular flexibility index (Phi) is 3.83. The minimum Gasteiger partial charge on any atom is -0.394 e. The molecule has 1 aliphatic rings. The van der Waals surface area contributed by atoms with Gasteiger partial charge in [0.1, 0.15) is 18.3 Å². The lowest BCUT2D eigenvalue weighted by Gasteiger charge is -2.17. The zero-order chi connectivity index (χ0) is 14.2. The molecule has 9 nitrogen and oxygen atoms in total. The van der Waals surface area contributed by atoms with Gasteiger partial charge in [-0.3, -0.25) is 14.3 Å². The first-order chi connectivity index (χ1) is 8.99. The van der Waals surface area contributed by atoms with E-state index in [0.717, 1.165) is 4.57 Å². The summed E-state index contributed by atoms with van der Waals surface area (Å²) >= 11 is 0. The Hall–Kier alpha value is -1.52. The summed E-state index contributed by atoms with van der Waals surface area (Å²) in [6.45, 7) is -0.596. The molecule has 0 aromatic carbocycles. The summed E-state index contributed by atoms with van der Waals surface area (Å²) in [5, 5.41) is 28.4.